The molecule has 0 saturated heterocycles. The van der Waals surface area contributed by atoms with E-state index in [1.165, 1.54) is 5.56 Å². The van der Waals surface area contributed by atoms with Gasteiger partial charge in [0.2, 0.25) is 0 Å². The molecular weight excluding hydrogens is 190 g/mol. The summed E-state index contributed by atoms with van der Waals surface area (Å²) in [6.07, 6.45) is 1.75. The molecule has 15 heavy (non-hydrogen) atoms. The number of rotatable bonds is 2. The van der Waals surface area contributed by atoms with Crippen LogP contribution < -0.4 is 5.32 Å². The van der Waals surface area contributed by atoms with Gasteiger partial charge in [0, 0.05) is 5.69 Å². The molecule has 0 aromatic heterocycles. The van der Waals surface area contributed by atoms with E-state index in [0.29, 0.717) is 6.61 Å². The van der Waals surface area contributed by atoms with Crippen LogP contribution in [-0.2, 0) is 16.0 Å². The van der Waals surface area contributed by atoms with Gasteiger partial charge in [0.1, 0.15) is 6.04 Å². The highest BCUT2D eigenvalue weighted by molar-refractivity contribution is 5.80. The molecule has 1 aromatic carbocycles. The van der Waals surface area contributed by atoms with Gasteiger partial charge in [-0.15, -0.1) is 0 Å². The zero-order valence-corrected chi connectivity index (χ0v) is 8.82. The first-order chi connectivity index (χ1) is 7.31. The normalized spacial score (nSPS) is 18.9. The molecule has 0 bridgehead atoms. The van der Waals surface area contributed by atoms with Crippen LogP contribution in [0.1, 0.15) is 18.9 Å². The van der Waals surface area contributed by atoms with Gasteiger partial charge in [-0.3, -0.25) is 0 Å². The summed E-state index contributed by atoms with van der Waals surface area (Å²) in [4.78, 5) is 11.5. The molecule has 0 aliphatic carbocycles. The first-order valence-electron chi connectivity index (χ1n) is 5.32. The van der Waals surface area contributed by atoms with Crippen LogP contribution in [0.15, 0.2) is 24.3 Å². The Morgan fingerprint density at radius 3 is 3.13 bits per heavy atom. The number of anilines is 1. The largest absolute Gasteiger partial charge is 0.464 e. The highest BCUT2D eigenvalue weighted by Crippen LogP contribution is 2.24. The minimum Gasteiger partial charge on any atom is -0.464 e. The lowest BCUT2D eigenvalue weighted by Gasteiger charge is -2.25. The number of nitrogens with one attached hydrogen (secondary N) is 1. The van der Waals surface area contributed by atoms with Gasteiger partial charge >= 0.3 is 5.97 Å². The van der Waals surface area contributed by atoms with Crippen molar-refractivity contribution in [2.75, 3.05) is 11.9 Å². The number of para-hydroxylation sites is 1. The summed E-state index contributed by atoms with van der Waals surface area (Å²) in [6, 6.07) is 7.90. The van der Waals surface area contributed by atoms with Gasteiger partial charge in [0.15, 0.2) is 0 Å². The lowest BCUT2D eigenvalue weighted by atomic mass is 9.98. The minimum absolute atomic E-state index is 0.146. The number of ether oxygens (including phenoxy) is 1. The summed E-state index contributed by atoms with van der Waals surface area (Å²) in [7, 11) is 0. The Morgan fingerprint density at radius 1 is 1.53 bits per heavy atom. The van der Waals surface area contributed by atoms with Crippen LogP contribution in [0.25, 0.3) is 0 Å². The molecule has 2 rings (SSSR count). The minimum atomic E-state index is -0.181. The number of esters is 1. The van der Waals surface area contributed by atoms with E-state index in [2.05, 4.69) is 11.4 Å². The zero-order chi connectivity index (χ0) is 10.7. The van der Waals surface area contributed by atoms with Crippen LogP contribution in [0, 0.1) is 0 Å². The molecule has 80 valence electrons. The van der Waals surface area contributed by atoms with E-state index in [9.17, 15) is 4.79 Å². The molecule has 1 aliphatic rings. The van der Waals surface area contributed by atoms with Gasteiger partial charge in [-0.25, -0.2) is 4.79 Å². The van der Waals surface area contributed by atoms with Gasteiger partial charge in [-0.05, 0) is 31.4 Å². The third-order valence-corrected chi connectivity index (χ3v) is 2.62. The lowest BCUT2D eigenvalue weighted by molar-refractivity contribution is -0.144. The van der Waals surface area contributed by atoms with Gasteiger partial charge < -0.3 is 10.1 Å². The van der Waals surface area contributed by atoms with Crippen molar-refractivity contribution in [2.45, 2.75) is 25.8 Å². The second-order valence-corrected chi connectivity index (χ2v) is 3.64. The van der Waals surface area contributed by atoms with E-state index >= 15 is 0 Å². The molecule has 0 saturated carbocycles. The Labute approximate surface area is 89.4 Å². The number of benzene rings is 1. The van der Waals surface area contributed by atoms with Crippen molar-refractivity contribution in [3.63, 3.8) is 0 Å². The second kappa shape index (κ2) is 4.34. The van der Waals surface area contributed by atoms with E-state index in [0.717, 1.165) is 18.5 Å². The molecule has 3 heteroatoms. The van der Waals surface area contributed by atoms with E-state index < -0.39 is 0 Å². The molecule has 0 amide bonds. The van der Waals surface area contributed by atoms with E-state index in [1.807, 2.05) is 25.1 Å². The Balaban J connectivity index is 2.08. The smallest absolute Gasteiger partial charge is 0.328 e. The number of hydrogen-bond acceptors (Lipinski definition) is 3. The SMILES string of the molecule is CCOC(=O)[C@@H]1CCc2ccccc2N1. The molecule has 0 unspecified atom stereocenters. The third-order valence-electron chi connectivity index (χ3n) is 2.62. The fourth-order valence-electron chi connectivity index (χ4n) is 1.86. The predicted octanol–water partition coefficient (Wildman–Crippen LogP) is 1.98. The first-order valence-corrected chi connectivity index (χ1v) is 5.32. The molecule has 1 heterocycles. The van der Waals surface area contributed by atoms with Crippen molar-refractivity contribution in [1.82, 2.24) is 0 Å². The van der Waals surface area contributed by atoms with Gasteiger partial charge in [-0.1, -0.05) is 18.2 Å². The first kappa shape index (κ1) is 10.0. The molecule has 0 spiro atoms. The van der Waals surface area contributed by atoms with Crippen molar-refractivity contribution >= 4 is 11.7 Å². The standard InChI is InChI=1S/C12H15NO2/c1-2-15-12(14)11-8-7-9-5-3-4-6-10(9)13-11/h3-6,11,13H,2,7-8H2,1H3/t11-/m0/s1. The average Bonchev–Trinajstić information content (AvgIpc) is 2.29. The molecule has 3 nitrogen and oxygen atoms in total. The zero-order valence-electron chi connectivity index (χ0n) is 8.82. The van der Waals surface area contributed by atoms with Crippen LogP contribution in [-0.4, -0.2) is 18.6 Å². The van der Waals surface area contributed by atoms with Crippen LogP contribution in [0.2, 0.25) is 0 Å². The molecule has 1 N–H and O–H groups in total. The van der Waals surface area contributed by atoms with E-state index in [4.69, 9.17) is 4.74 Å². The maximum atomic E-state index is 11.5. The molecule has 1 aromatic rings. The van der Waals surface area contributed by atoms with Gasteiger partial charge in [0.05, 0.1) is 6.61 Å². The van der Waals surface area contributed by atoms with Gasteiger partial charge in [0.25, 0.3) is 0 Å². The number of fused-ring (bicyclic) bond motifs is 1. The molecular formula is C12H15NO2. The summed E-state index contributed by atoms with van der Waals surface area (Å²) in [5.41, 5.74) is 2.33. The van der Waals surface area contributed by atoms with Crippen molar-refractivity contribution in [3.8, 4) is 0 Å². The van der Waals surface area contributed by atoms with Crippen molar-refractivity contribution in [2.24, 2.45) is 0 Å². The van der Waals surface area contributed by atoms with Crippen LogP contribution in [0.4, 0.5) is 5.69 Å². The summed E-state index contributed by atoms with van der Waals surface area (Å²) < 4.78 is 4.99. The Morgan fingerprint density at radius 2 is 2.33 bits per heavy atom. The van der Waals surface area contributed by atoms with Crippen molar-refractivity contribution in [3.05, 3.63) is 29.8 Å². The maximum absolute atomic E-state index is 11.5. The monoisotopic (exact) mass is 205 g/mol. The summed E-state index contributed by atoms with van der Waals surface area (Å²) >= 11 is 0. The number of carbonyl (C=O) groups excluding carboxylic acids is 1. The summed E-state index contributed by atoms with van der Waals surface area (Å²) in [5.74, 6) is -0.146. The number of carbonyl (C=O) groups is 1. The third kappa shape index (κ3) is 2.12. The molecule has 0 fully saturated rings. The lowest BCUT2D eigenvalue weighted by Crippen LogP contribution is -2.34. The molecule has 1 aliphatic heterocycles. The van der Waals surface area contributed by atoms with Crippen molar-refractivity contribution in [1.29, 1.82) is 0 Å². The molecule has 1 atom stereocenters. The fraction of sp³-hybridized carbons (Fsp3) is 0.417. The van der Waals surface area contributed by atoms with E-state index in [-0.39, 0.29) is 12.0 Å². The van der Waals surface area contributed by atoms with Crippen molar-refractivity contribution < 1.29 is 9.53 Å². The van der Waals surface area contributed by atoms with Gasteiger partial charge in [-0.2, -0.15) is 0 Å². The Hall–Kier alpha value is -1.51. The molecule has 0 radical (unpaired) electrons. The topological polar surface area (TPSA) is 38.3 Å². The fourth-order valence-corrected chi connectivity index (χ4v) is 1.86. The second-order valence-electron chi connectivity index (χ2n) is 3.64. The van der Waals surface area contributed by atoms with Crippen LogP contribution >= 0.6 is 0 Å². The summed E-state index contributed by atoms with van der Waals surface area (Å²) in [5, 5.41) is 3.21. The van der Waals surface area contributed by atoms with Crippen LogP contribution in [0.5, 0.6) is 0 Å². The summed E-state index contributed by atoms with van der Waals surface area (Å²) in [6.45, 7) is 2.27. The number of hydrogen-bond donors (Lipinski definition) is 1. The predicted molar refractivity (Wildman–Crippen MR) is 58.8 cm³/mol. The van der Waals surface area contributed by atoms with E-state index in [1.54, 1.807) is 0 Å². The Kier molecular flexibility index (Phi) is 2.90. The highest BCUT2D eigenvalue weighted by Gasteiger charge is 2.24. The highest BCUT2D eigenvalue weighted by atomic mass is 16.5. The maximum Gasteiger partial charge on any atom is 0.328 e. The number of aryl methyl sites for hydroxylation is 1. The Bertz CT molecular complexity index is 362. The van der Waals surface area contributed by atoms with Crippen LogP contribution in [0.3, 0.4) is 0 Å². The quantitative estimate of drug-likeness (QED) is 0.750. The average molecular weight is 205 g/mol.